The molecule has 0 fully saturated rings. The molecule has 142 valence electrons. The molecule has 1 atom stereocenters. The molecule has 4 aromatic rings. The Morgan fingerprint density at radius 1 is 1.39 bits per heavy atom. The minimum atomic E-state index is -0.753. The molecule has 5 heterocycles. The maximum absolute atomic E-state index is 13.0. The van der Waals surface area contributed by atoms with Gasteiger partial charge in [0.1, 0.15) is 16.8 Å². The molecule has 0 spiro atoms. The highest BCUT2D eigenvalue weighted by Gasteiger charge is 2.19. The van der Waals surface area contributed by atoms with Crippen molar-refractivity contribution in [1.29, 1.82) is 0 Å². The lowest BCUT2D eigenvalue weighted by atomic mass is 10.2. The summed E-state index contributed by atoms with van der Waals surface area (Å²) in [6.45, 7) is 0.292. The summed E-state index contributed by atoms with van der Waals surface area (Å²) in [5, 5.41) is 25.5. The number of aliphatic hydroxyl groups excluding tert-OH is 1. The van der Waals surface area contributed by atoms with Crippen molar-refractivity contribution in [3.63, 3.8) is 0 Å². The van der Waals surface area contributed by atoms with E-state index in [9.17, 15) is 9.90 Å². The number of hydrogen-bond acceptors (Lipinski definition) is 7. The number of aliphatic hydroxyl groups is 1. The molecule has 28 heavy (non-hydrogen) atoms. The van der Waals surface area contributed by atoms with Crippen molar-refractivity contribution in [2.75, 3.05) is 0 Å². The minimum Gasteiger partial charge on any atom is -0.370 e. The lowest BCUT2D eigenvalue weighted by Crippen LogP contribution is -2.28. The van der Waals surface area contributed by atoms with E-state index in [-0.39, 0.29) is 5.56 Å². The first-order valence-corrected chi connectivity index (χ1v) is 9.56. The Labute approximate surface area is 162 Å². The van der Waals surface area contributed by atoms with Crippen LogP contribution in [-0.2, 0) is 20.0 Å². The Hall–Kier alpha value is -3.24. The van der Waals surface area contributed by atoms with Crippen LogP contribution in [0.25, 0.3) is 21.3 Å². The average molecular weight is 395 g/mol. The number of nitrogens with zero attached hydrogens (tertiary/aromatic N) is 5. The fourth-order valence-electron chi connectivity index (χ4n) is 3.40. The number of fused-ring (bicyclic) bond motifs is 3. The number of rotatable bonds is 4. The zero-order valence-electron chi connectivity index (χ0n) is 15.0. The lowest BCUT2D eigenvalue weighted by molar-refractivity contribution is 0.199. The third-order valence-corrected chi connectivity index (χ3v) is 5.81. The van der Waals surface area contributed by atoms with E-state index in [0.29, 0.717) is 18.5 Å². The van der Waals surface area contributed by atoms with Gasteiger partial charge in [-0.1, -0.05) is 0 Å². The zero-order chi connectivity index (χ0) is 19.3. The van der Waals surface area contributed by atoms with E-state index < -0.39 is 6.23 Å². The SMILES string of the molecule is Cn1c2nc(Cc3cc[nH]n3)sc2c2cnn(CC3=CC(O)NC=C3)c(=O)c21. The Balaban J connectivity index is 1.56. The monoisotopic (exact) mass is 395 g/mol. The lowest BCUT2D eigenvalue weighted by Gasteiger charge is -2.14. The molecule has 1 aliphatic heterocycles. The Morgan fingerprint density at radius 2 is 2.29 bits per heavy atom. The second kappa shape index (κ2) is 6.43. The van der Waals surface area contributed by atoms with Crippen molar-refractivity contribution in [3.8, 4) is 0 Å². The summed E-state index contributed by atoms with van der Waals surface area (Å²) >= 11 is 1.56. The molecule has 4 aromatic heterocycles. The molecule has 0 saturated heterocycles. The molecule has 0 bridgehead atoms. The maximum atomic E-state index is 13.0. The van der Waals surface area contributed by atoms with Crippen molar-refractivity contribution in [2.45, 2.75) is 19.2 Å². The molecule has 1 aliphatic rings. The minimum absolute atomic E-state index is 0.179. The van der Waals surface area contributed by atoms with Gasteiger partial charge >= 0.3 is 0 Å². The van der Waals surface area contributed by atoms with Crippen LogP contribution in [0, 0.1) is 0 Å². The number of thiazole rings is 1. The van der Waals surface area contributed by atoms with Gasteiger partial charge in [-0.25, -0.2) is 9.67 Å². The first-order valence-electron chi connectivity index (χ1n) is 8.74. The molecule has 3 N–H and O–H groups in total. The highest BCUT2D eigenvalue weighted by molar-refractivity contribution is 7.19. The third kappa shape index (κ3) is 2.74. The largest absolute Gasteiger partial charge is 0.370 e. The normalized spacial score (nSPS) is 16.6. The smallest absolute Gasteiger partial charge is 0.291 e. The number of H-pyrrole nitrogens is 1. The quantitative estimate of drug-likeness (QED) is 0.475. The highest BCUT2D eigenvalue weighted by atomic mass is 32.1. The highest BCUT2D eigenvalue weighted by Crippen LogP contribution is 2.31. The van der Waals surface area contributed by atoms with Gasteiger partial charge in [0.2, 0.25) is 0 Å². The van der Waals surface area contributed by atoms with Gasteiger partial charge in [-0.15, -0.1) is 11.3 Å². The Kier molecular flexibility index (Phi) is 3.88. The van der Waals surface area contributed by atoms with Gasteiger partial charge in [0.25, 0.3) is 5.56 Å². The fraction of sp³-hybridized carbons (Fsp3) is 0.222. The molecule has 0 radical (unpaired) electrons. The molecule has 5 rings (SSSR count). The summed E-state index contributed by atoms with van der Waals surface area (Å²) in [6.07, 6.45) is 8.53. The van der Waals surface area contributed by atoms with Gasteiger partial charge in [0, 0.05) is 25.1 Å². The number of allylic oxidation sites excluding steroid dienone is 2. The van der Waals surface area contributed by atoms with E-state index in [1.54, 1.807) is 36.0 Å². The zero-order valence-corrected chi connectivity index (χ0v) is 15.8. The predicted octanol–water partition coefficient (Wildman–Crippen LogP) is 1.02. The van der Waals surface area contributed by atoms with Crippen LogP contribution in [0.5, 0.6) is 0 Å². The summed E-state index contributed by atoms with van der Waals surface area (Å²) in [7, 11) is 1.85. The molecule has 0 aliphatic carbocycles. The van der Waals surface area contributed by atoms with Crippen LogP contribution in [-0.4, -0.2) is 40.9 Å². The molecular formula is C18H17N7O2S. The number of dihydropyridines is 1. The summed E-state index contributed by atoms with van der Waals surface area (Å²) in [4.78, 5) is 17.7. The molecule has 0 aromatic carbocycles. The van der Waals surface area contributed by atoms with Crippen molar-refractivity contribution in [2.24, 2.45) is 7.05 Å². The van der Waals surface area contributed by atoms with Gasteiger partial charge < -0.3 is 15.0 Å². The molecule has 10 heteroatoms. The summed E-state index contributed by atoms with van der Waals surface area (Å²) in [6, 6.07) is 1.92. The van der Waals surface area contributed by atoms with Crippen molar-refractivity contribution < 1.29 is 5.11 Å². The molecular weight excluding hydrogens is 378 g/mol. The van der Waals surface area contributed by atoms with Crippen LogP contribution < -0.4 is 10.9 Å². The van der Waals surface area contributed by atoms with E-state index in [2.05, 4.69) is 20.6 Å². The van der Waals surface area contributed by atoms with E-state index in [0.717, 1.165) is 32.0 Å². The number of aromatic amines is 1. The van der Waals surface area contributed by atoms with Gasteiger partial charge in [-0.3, -0.25) is 9.89 Å². The number of aromatic nitrogens is 6. The number of aryl methyl sites for hydroxylation is 1. The predicted molar refractivity (Wildman–Crippen MR) is 106 cm³/mol. The van der Waals surface area contributed by atoms with E-state index in [1.807, 2.05) is 23.8 Å². The topological polar surface area (TPSA) is 114 Å². The van der Waals surface area contributed by atoms with Crippen molar-refractivity contribution in [3.05, 3.63) is 63.4 Å². The maximum Gasteiger partial charge on any atom is 0.291 e. The summed E-state index contributed by atoms with van der Waals surface area (Å²) in [5.41, 5.74) is 2.92. The van der Waals surface area contributed by atoms with Crippen molar-refractivity contribution >= 4 is 32.6 Å². The van der Waals surface area contributed by atoms with E-state index in [1.165, 1.54) is 4.68 Å². The van der Waals surface area contributed by atoms with Crippen LogP contribution in [0.2, 0.25) is 0 Å². The molecule has 0 saturated carbocycles. The molecule has 9 nitrogen and oxygen atoms in total. The standard InChI is InChI=1S/C18H17N7O2S/c1-24-15-12(16-17(24)22-14(28-16)7-11-3-5-20-23-11)8-21-25(18(15)27)9-10-2-4-19-13(26)6-10/h2-6,8,13,19,26H,7,9H2,1H3,(H,20,23). The van der Waals surface area contributed by atoms with E-state index >= 15 is 0 Å². The van der Waals surface area contributed by atoms with Crippen LogP contribution >= 0.6 is 11.3 Å². The number of hydrogen-bond donors (Lipinski definition) is 3. The van der Waals surface area contributed by atoms with E-state index in [4.69, 9.17) is 4.98 Å². The Bertz CT molecular complexity index is 1290. The van der Waals surface area contributed by atoms with Gasteiger partial charge in [0.15, 0.2) is 5.65 Å². The first kappa shape index (κ1) is 16.9. The van der Waals surface area contributed by atoms with Crippen LogP contribution in [0.1, 0.15) is 10.7 Å². The summed E-state index contributed by atoms with van der Waals surface area (Å²) in [5.74, 6) is 0. The fourth-order valence-corrected chi connectivity index (χ4v) is 4.52. The third-order valence-electron chi connectivity index (χ3n) is 4.73. The van der Waals surface area contributed by atoms with Gasteiger partial charge in [-0.05, 0) is 30.0 Å². The Morgan fingerprint density at radius 3 is 3.07 bits per heavy atom. The van der Waals surface area contributed by atoms with Crippen LogP contribution in [0.4, 0.5) is 0 Å². The average Bonchev–Trinajstić information content (AvgIpc) is 3.37. The molecule has 1 unspecified atom stereocenters. The van der Waals surface area contributed by atoms with Crippen molar-refractivity contribution in [1.82, 2.24) is 34.8 Å². The second-order valence-electron chi connectivity index (χ2n) is 6.62. The van der Waals surface area contributed by atoms with Crippen LogP contribution in [0.15, 0.2) is 47.2 Å². The number of nitrogens with one attached hydrogen (secondary N) is 2. The van der Waals surface area contributed by atoms with Gasteiger partial charge in [0.05, 0.1) is 23.1 Å². The second-order valence-corrected chi connectivity index (χ2v) is 7.70. The first-order chi connectivity index (χ1) is 13.6. The van der Waals surface area contributed by atoms with Gasteiger partial charge in [-0.2, -0.15) is 10.2 Å². The molecule has 0 amide bonds. The van der Waals surface area contributed by atoms with Crippen LogP contribution in [0.3, 0.4) is 0 Å². The summed E-state index contributed by atoms with van der Waals surface area (Å²) < 4.78 is 4.19.